The van der Waals surface area contributed by atoms with Crippen LogP contribution in [0.25, 0.3) is 10.9 Å². The van der Waals surface area contributed by atoms with Crippen LogP contribution in [-0.2, 0) is 11.3 Å². The minimum absolute atomic E-state index is 0.0305. The van der Waals surface area contributed by atoms with Crippen molar-refractivity contribution in [2.24, 2.45) is 16.3 Å². The average Bonchev–Trinajstić information content (AvgIpc) is 3.26. The molecule has 134 valence electrons. The van der Waals surface area contributed by atoms with E-state index in [-0.39, 0.29) is 23.8 Å². The summed E-state index contributed by atoms with van der Waals surface area (Å²) in [5, 5.41) is 14.3. The number of carbonyl (C=O) groups is 1. The Balaban J connectivity index is 0.00000109. The maximum Gasteiger partial charge on any atom is 0.226 e. The summed E-state index contributed by atoms with van der Waals surface area (Å²) >= 11 is 0. The van der Waals surface area contributed by atoms with Gasteiger partial charge >= 0.3 is 0 Å². The van der Waals surface area contributed by atoms with Crippen LogP contribution < -0.4 is 15.8 Å². The van der Waals surface area contributed by atoms with Gasteiger partial charge in [-0.1, -0.05) is 6.92 Å². The van der Waals surface area contributed by atoms with Crippen LogP contribution in [0.2, 0.25) is 0 Å². The molecule has 1 aliphatic rings. The van der Waals surface area contributed by atoms with E-state index in [0.717, 1.165) is 29.4 Å². The third kappa shape index (κ3) is 4.63. The Bertz CT molecular complexity index is 779. The highest BCUT2D eigenvalue weighted by atomic mass is 16.5. The van der Waals surface area contributed by atoms with Crippen molar-refractivity contribution < 1.29 is 9.53 Å². The molecule has 0 unspecified atom stereocenters. The number of benzene rings is 1. The van der Waals surface area contributed by atoms with Crippen LogP contribution in [0.15, 0.2) is 29.4 Å². The van der Waals surface area contributed by atoms with Crippen LogP contribution >= 0.6 is 0 Å². The molecule has 25 heavy (non-hydrogen) atoms. The van der Waals surface area contributed by atoms with Gasteiger partial charge < -0.3 is 20.8 Å². The summed E-state index contributed by atoms with van der Waals surface area (Å²) in [5.74, 6) is 0.584. The molecule has 1 heterocycles. The van der Waals surface area contributed by atoms with Crippen LogP contribution in [0.5, 0.6) is 5.75 Å². The molecule has 3 rings (SSSR count). The second-order valence-corrected chi connectivity index (χ2v) is 6.13. The fraction of sp³-hybridized carbons (Fsp3) is 0.412. The largest absolute Gasteiger partial charge is 0.485 e. The number of hydrogen-bond acceptors (Lipinski definition) is 5. The van der Waals surface area contributed by atoms with Crippen LogP contribution in [-0.4, -0.2) is 30.4 Å². The average molecular weight is 344 g/mol. The van der Waals surface area contributed by atoms with Gasteiger partial charge in [-0.2, -0.15) is 0 Å². The molecule has 2 aromatic rings. The predicted octanol–water partition coefficient (Wildman–Crippen LogP) is 2.55. The molecule has 1 amide bonds. The number of nitrogens with two attached hydrogens (primary N) is 1. The summed E-state index contributed by atoms with van der Waals surface area (Å²) in [6.45, 7) is 2.43. The Morgan fingerprint density at radius 2 is 2.12 bits per heavy atom. The van der Waals surface area contributed by atoms with E-state index in [0.29, 0.717) is 12.3 Å². The van der Waals surface area contributed by atoms with Crippen molar-refractivity contribution in [1.29, 1.82) is 10.9 Å². The van der Waals surface area contributed by atoms with E-state index in [1.165, 1.54) is 7.05 Å². The number of H-pyrrole nitrogens is 1. The van der Waals surface area contributed by atoms with Crippen LogP contribution in [0.1, 0.15) is 25.5 Å². The first-order chi connectivity index (χ1) is 12.0. The van der Waals surface area contributed by atoms with Crippen molar-refractivity contribution in [1.82, 2.24) is 10.3 Å². The third-order valence-corrected chi connectivity index (χ3v) is 4.15. The lowest BCUT2D eigenvalue weighted by atomic mass is 10.1. The molecule has 0 spiro atoms. The maximum absolute atomic E-state index is 12.0. The molecule has 1 fully saturated rings. The Hall–Kier alpha value is -2.74. The number of amides is 1. The van der Waals surface area contributed by atoms with Gasteiger partial charge in [0.1, 0.15) is 12.4 Å². The van der Waals surface area contributed by atoms with Gasteiger partial charge in [0.05, 0.1) is 6.54 Å². The van der Waals surface area contributed by atoms with Crippen molar-refractivity contribution in [3.8, 4) is 5.75 Å². The van der Waals surface area contributed by atoms with Crippen molar-refractivity contribution in [3.05, 3.63) is 30.0 Å². The number of nitrogens with zero attached hydrogens (tertiary/aromatic N) is 1. The topological polar surface area (TPSA) is 140 Å². The fourth-order valence-electron chi connectivity index (χ4n) is 2.34. The number of amidine groups is 1. The number of aromatic amines is 1. The summed E-state index contributed by atoms with van der Waals surface area (Å²) in [7, 11) is 1.50. The molecule has 0 bridgehead atoms. The number of fused-ring (bicyclic) bond motifs is 1. The first kappa shape index (κ1) is 18.6. The number of carbonyl (C=O) groups excluding carboxylic acids is 1. The molecule has 0 radical (unpaired) electrons. The molecule has 8 nitrogen and oxygen atoms in total. The lowest BCUT2D eigenvalue weighted by molar-refractivity contribution is -0.125. The predicted molar refractivity (Wildman–Crippen MR) is 96.0 cm³/mol. The van der Waals surface area contributed by atoms with Crippen molar-refractivity contribution in [2.45, 2.75) is 26.3 Å². The zero-order valence-corrected chi connectivity index (χ0v) is 14.5. The van der Waals surface area contributed by atoms with Crippen molar-refractivity contribution >= 4 is 22.6 Å². The van der Waals surface area contributed by atoms with Crippen LogP contribution in [0, 0.1) is 16.4 Å². The van der Waals surface area contributed by atoms with Gasteiger partial charge in [0.25, 0.3) is 0 Å². The molecule has 0 aliphatic heterocycles. The van der Waals surface area contributed by atoms with Gasteiger partial charge in [0, 0.05) is 22.7 Å². The zero-order chi connectivity index (χ0) is 18.4. The second-order valence-electron chi connectivity index (χ2n) is 6.13. The van der Waals surface area contributed by atoms with E-state index in [9.17, 15) is 4.79 Å². The highest BCUT2D eigenvalue weighted by Gasteiger charge is 2.44. The summed E-state index contributed by atoms with van der Waals surface area (Å²) in [6, 6.07) is 7.55. The van der Waals surface area contributed by atoms with Gasteiger partial charge in [-0.15, -0.1) is 5.11 Å². The van der Waals surface area contributed by atoms with E-state index in [2.05, 4.69) is 21.1 Å². The quantitative estimate of drug-likeness (QED) is 0.312. The number of aromatic nitrogens is 1. The Labute approximate surface area is 146 Å². The lowest BCUT2D eigenvalue weighted by Crippen LogP contribution is -2.29. The Morgan fingerprint density at radius 1 is 1.40 bits per heavy atom. The molecular formula is C17H24N6O2. The highest BCUT2D eigenvalue weighted by Crippen LogP contribution is 2.45. The van der Waals surface area contributed by atoms with E-state index in [1.807, 2.05) is 25.1 Å². The molecule has 1 aromatic carbocycles. The third-order valence-electron chi connectivity index (χ3n) is 4.15. The normalized spacial score (nSPS) is 14.2. The minimum atomic E-state index is -0.166. The van der Waals surface area contributed by atoms with Gasteiger partial charge in [0.2, 0.25) is 5.91 Å². The van der Waals surface area contributed by atoms with Gasteiger partial charge in [-0.05, 0) is 43.5 Å². The maximum atomic E-state index is 12.0. The summed E-state index contributed by atoms with van der Waals surface area (Å²) in [4.78, 5) is 15.2. The zero-order valence-electron chi connectivity index (χ0n) is 14.5. The van der Waals surface area contributed by atoms with Gasteiger partial charge in [-0.3, -0.25) is 10.2 Å². The molecule has 0 atom stereocenters. The monoisotopic (exact) mass is 344 g/mol. The van der Waals surface area contributed by atoms with Gasteiger partial charge in [-0.25, -0.2) is 5.53 Å². The highest BCUT2D eigenvalue weighted by molar-refractivity contribution is 5.85. The molecule has 1 aliphatic carbocycles. The second kappa shape index (κ2) is 7.89. The summed E-state index contributed by atoms with van der Waals surface area (Å²) in [5.41, 5.74) is 12.9. The number of nitrogens with one attached hydrogen (secondary N) is 4. The first-order valence-electron chi connectivity index (χ1n) is 8.05. The summed E-state index contributed by atoms with van der Waals surface area (Å²) in [6.07, 6.45) is 1.93. The van der Waals surface area contributed by atoms with Crippen LogP contribution in [0.3, 0.4) is 0 Å². The van der Waals surface area contributed by atoms with E-state index >= 15 is 0 Å². The molecular weight excluding hydrogens is 320 g/mol. The molecule has 1 saturated carbocycles. The number of ether oxygens (including phenoxy) is 1. The van der Waals surface area contributed by atoms with Crippen LogP contribution in [0.4, 0.5) is 0 Å². The SMILES string of the molecule is CC1(C(=O)NCc2cc3ccc(OCC(=N)N=N)cc3[nH]2)CC1.CN. The Kier molecular flexibility index (Phi) is 5.87. The molecule has 0 saturated heterocycles. The first-order valence-corrected chi connectivity index (χ1v) is 8.05. The molecule has 8 heteroatoms. The van der Waals surface area contributed by atoms with Gasteiger partial charge in [0.15, 0.2) is 5.84 Å². The number of rotatable bonds is 6. The lowest BCUT2D eigenvalue weighted by Gasteiger charge is -2.08. The van der Waals surface area contributed by atoms with Crippen molar-refractivity contribution in [2.75, 3.05) is 13.7 Å². The Morgan fingerprint density at radius 3 is 2.76 bits per heavy atom. The van der Waals surface area contributed by atoms with E-state index in [1.54, 1.807) is 6.07 Å². The minimum Gasteiger partial charge on any atom is -0.485 e. The van der Waals surface area contributed by atoms with E-state index < -0.39 is 0 Å². The fourth-order valence-corrected chi connectivity index (χ4v) is 2.34. The van der Waals surface area contributed by atoms with Crippen molar-refractivity contribution in [3.63, 3.8) is 0 Å². The number of hydrogen-bond donors (Lipinski definition) is 5. The molecule has 6 N–H and O–H groups in total. The smallest absolute Gasteiger partial charge is 0.226 e. The van der Waals surface area contributed by atoms with E-state index in [4.69, 9.17) is 15.7 Å². The summed E-state index contributed by atoms with van der Waals surface area (Å²) < 4.78 is 5.40. The standard InChI is InChI=1S/C16H19N5O2.CH5N/c1-16(4-5-16)15(22)19-8-11-6-10-2-3-12(7-13(10)20-11)23-9-14(17)21-18;1-2/h2-3,6-7,17-18,20H,4-5,8-9H2,1H3,(H,19,22);2H2,1H3. The molecule has 1 aromatic heterocycles.